The van der Waals surface area contributed by atoms with Gasteiger partial charge in [-0.25, -0.2) is 4.98 Å². The van der Waals surface area contributed by atoms with Crippen molar-refractivity contribution in [3.05, 3.63) is 22.5 Å². The lowest BCUT2D eigenvalue weighted by Gasteiger charge is -2.03. The largest absolute Gasteiger partial charge is 0.396 e. The molecule has 0 aliphatic rings. The molecule has 2 nitrogen and oxygen atoms in total. The number of halogens is 1. The van der Waals surface area contributed by atoms with E-state index in [2.05, 4.69) is 4.98 Å². The highest BCUT2D eigenvalue weighted by atomic mass is 35.5. The zero-order valence-electron chi connectivity index (χ0n) is 5.98. The maximum Gasteiger partial charge on any atom is 0.152 e. The maximum absolute atomic E-state index is 5.65. The SMILES string of the molecule is Cc1cnc(Cl)c(N)c1C. The van der Waals surface area contributed by atoms with E-state index in [-0.39, 0.29) is 0 Å². The lowest BCUT2D eigenvalue weighted by Crippen LogP contribution is -1.95. The van der Waals surface area contributed by atoms with Crippen LogP contribution >= 0.6 is 11.6 Å². The second-order valence-corrected chi connectivity index (χ2v) is 2.63. The number of nitrogens with zero attached hydrogens (tertiary/aromatic N) is 1. The van der Waals surface area contributed by atoms with Crippen LogP contribution in [0.2, 0.25) is 5.15 Å². The summed E-state index contributed by atoms with van der Waals surface area (Å²) >= 11 is 5.65. The smallest absolute Gasteiger partial charge is 0.152 e. The highest BCUT2D eigenvalue weighted by molar-refractivity contribution is 6.31. The van der Waals surface area contributed by atoms with Crippen molar-refractivity contribution >= 4 is 17.3 Å². The molecule has 0 bridgehead atoms. The minimum absolute atomic E-state index is 0.392. The van der Waals surface area contributed by atoms with Crippen LogP contribution < -0.4 is 5.73 Å². The first-order chi connectivity index (χ1) is 4.63. The van der Waals surface area contributed by atoms with Gasteiger partial charge in [0.15, 0.2) is 5.15 Å². The standard InChI is InChI=1S/C7H9ClN2/c1-4-3-10-7(8)6(9)5(4)2/h3H,9H2,1-2H3. The van der Waals surface area contributed by atoms with Crippen LogP contribution in [0.15, 0.2) is 6.20 Å². The Kier molecular flexibility index (Phi) is 1.81. The van der Waals surface area contributed by atoms with Crippen molar-refractivity contribution in [2.45, 2.75) is 13.8 Å². The molecular weight excluding hydrogens is 148 g/mol. The summed E-state index contributed by atoms with van der Waals surface area (Å²) < 4.78 is 0. The zero-order chi connectivity index (χ0) is 7.72. The van der Waals surface area contributed by atoms with Gasteiger partial charge in [-0.2, -0.15) is 0 Å². The molecule has 0 fully saturated rings. The quantitative estimate of drug-likeness (QED) is 0.583. The zero-order valence-corrected chi connectivity index (χ0v) is 6.74. The summed E-state index contributed by atoms with van der Waals surface area (Å²) in [5, 5.41) is 0.392. The van der Waals surface area contributed by atoms with Crippen LogP contribution in [0.4, 0.5) is 5.69 Å². The highest BCUT2D eigenvalue weighted by Crippen LogP contribution is 2.21. The van der Waals surface area contributed by atoms with Crippen molar-refractivity contribution in [3.8, 4) is 0 Å². The molecule has 10 heavy (non-hydrogen) atoms. The van der Waals surface area contributed by atoms with E-state index in [9.17, 15) is 0 Å². The molecule has 0 aliphatic heterocycles. The Morgan fingerprint density at radius 3 is 2.60 bits per heavy atom. The number of hydrogen-bond acceptors (Lipinski definition) is 2. The topological polar surface area (TPSA) is 38.9 Å². The normalized spacial score (nSPS) is 9.90. The van der Waals surface area contributed by atoms with E-state index in [1.54, 1.807) is 6.20 Å². The summed E-state index contributed by atoms with van der Waals surface area (Å²) in [6.07, 6.45) is 1.72. The molecule has 3 heteroatoms. The molecule has 1 aromatic rings. The Morgan fingerprint density at radius 1 is 1.50 bits per heavy atom. The first-order valence-electron chi connectivity index (χ1n) is 3.00. The van der Waals surface area contributed by atoms with Crippen molar-refractivity contribution in [1.29, 1.82) is 0 Å². The molecule has 2 N–H and O–H groups in total. The van der Waals surface area contributed by atoms with Gasteiger partial charge in [0, 0.05) is 6.20 Å². The van der Waals surface area contributed by atoms with Crippen molar-refractivity contribution < 1.29 is 0 Å². The summed E-state index contributed by atoms with van der Waals surface area (Å²) in [5.74, 6) is 0. The number of pyridine rings is 1. The molecular formula is C7H9ClN2. The molecule has 0 atom stereocenters. The molecule has 1 aromatic heterocycles. The van der Waals surface area contributed by atoms with Gasteiger partial charge in [-0.1, -0.05) is 11.6 Å². The fourth-order valence-corrected chi connectivity index (χ4v) is 0.878. The summed E-state index contributed by atoms with van der Waals surface area (Å²) in [5.41, 5.74) is 8.26. The lowest BCUT2D eigenvalue weighted by molar-refractivity contribution is 1.22. The van der Waals surface area contributed by atoms with Gasteiger partial charge in [0.25, 0.3) is 0 Å². The van der Waals surface area contributed by atoms with Crippen LogP contribution in [0.5, 0.6) is 0 Å². The molecule has 1 rings (SSSR count). The Balaban J connectivity index is 3.34. The van der Waals surface area contributed by atoms with Crippen LogP contribution in [0.3, 0.4) is 0 Å². The van der Waals surface area contributed by atoms with Gasteiger partial charge in [0.05, 0.1) is 5.69 Å². The van der Waals surface area contributed by atoms with Crippen molar-refractivity contribution in [3.63, 3.8) is 0 Å². The summed E-state index contributed by atoms with van der Waals surface area (Å²) in [6, 6.07) is 0. The van der Waals surface area contributed by atoms with Gasteiger partial charge in [-0.15, -0.1) is 0 Å². The maximum atomic E-state index is 5.65. The van der Waals surface area contributed by atoms with Crippen molar-refractivity contribution in [1.82, 2.24) is 4.98 Å². The van der Waals surface area contributed by atoms with Crippen LogP contribution in [-0.2, 0) is 0 Å². The predicted octanol–water partition coefficient (Wildman–Crippen LogP) is 1.93. The Bertz CT molecular complexity index is 231. The van der Waals surface area contributed by atoms with Crippen LogP contribution in [-0.4, -0.2) is 4.98 Å². The molecule has 0 aliphatic carbocycles. The second kappa shape index (κ2) is 2.46. The number of aryl methyl sites for hydroxylation is 1. The molecule has 1 heterocycles. The van der Waals surface area contributed by atoms with Crippen LogP contribution in [0, 0.1) is 13.8 Å². The average molecular weight is 157 g/mol. The van der Waals surface area contributed by atoms with E-state index in [1.165, 1.54) is 0 Å². The minimum atomic E-state index is 0.392. The first kappa shape index (κ1) is 7.35. The molecule has 0 aromatic carbocycles. The predicted molar refractivity (Wildman–Crippen MR) is 43.1 cm³/mol. The van der Waals surface area contributed by atoms with E-state index in [4.69, 9.17) is 17.3 Å². The third kappa shape index (κ3) is 1.07. The fraction of sp³-hybridized carbons (Fsp3) is 0.286. The van der Waals surface area contributed by atoms with Crippen molar-refractivity contribution in [2.75, 3.05) is 5.73 Å². The average Bonchev–Trinajstić information content (AvgIpc) is 1.93. The fourth-order valence-electron chi connectivity index (χ4n) is 0.687. The van der Waals surface area contributed by atoms with Crippen LogP contribution in [0.1, 0.15) is 11.1 Å². The molecule has 0 amide bonds. The number of nitrogens with two attached hydrogens (primary N) is 1. The first-order valence-corrected chi connectivity index (χ1v) is 3.38. The van der Waals surface area contributed by atoms with Gasteiger partial charge in [0.2, 0.25) is 0 Å². The minimum Gasteiger partial charge on any atom is -0.396 e. The number of nitrogen functional groups attached to an aromatic ring is 1. The molecule has 0 saturated heterocycles. The summed E-state index contributed by atoms with van der Waals surface area (Å²) in [4.78, 5) is 3.88. The van der Waals surface area contributed by atoms with E-state index >= 15 is 0 Å². The number of anilines is 1. The monoisotopic (exact) mass is 156 g/mol. The van der Waals surface area contributed by atoms with Gasteiger partial charge in [-0.05, 0) is 25.0 Å². The Labute approximate surface area is 65.0 Å². The molecule has 54 valence electrons. The highest BCUT2D eigenvalue weighted by Gasteiger charge is 2.01. The van der Waals surface area contributed by atoms with E-state index < -0.39 is 0 Å². The second-order valence-electron chi connectivity index (χ2n) is 2.27. The summed E-state index contributed by atoms with van der Waals surface area (Å²) in [7, 11) is 0. The van der Waals surface area contributed by atoms with Gasteiger partial charge < -0.3 is 5.73 Å². The van der Waals surface area contributed by atoms with Gasteiger partial charge in [-0.3, -0.25) is 0 Å². The number of rotatable bonds is 0. The lowest BCUT2D eigenvalue weighted by atomic mass is 10.1. The third-order valence-electron chi connectivity index (χ3n) is 1.59. The van der Waals surface area contributed by atoms with E-state index in [0.717, 1.165) is 11.1 Å². The molecule has 0 unspecified atom stereocenters. The summed E-state index contributed by atoms with van der Waals surface area (Å²) in [6.45, 7) is 3.88. The number of hydrogen-bond donors (Lipinski definition) is 1. The Hall–Kier alpha value is -0.760. The number of aromatic nitrogens is 1. The van der Waals surface area contributed by atoms with Crippen molar-refractivity contribution in [2.24, 2.45) is 0 Å². The molecule has 0 radical (unpaired) electrons. The molecule has 0 saturated carbocycles. The molecule has 0 spiro atoms. The van der Waals surface area contributed by atoms with Crippen LogP contribution in [0.25, 0.3) is 0 Å². The van der Waals surface area contributed by atoms with E-state index in [0.29, 0.717) is 10.8 Å². The van der Waals surface area contributed by atoms with E-state index in [1.807, 2.05) is 13.8 Å². The van der Waals surface area contributed by atoms with Gasteiger partial charge in [0.1, 0.15) is 0 Å². The van der Waals surface area contributed by atoms with Gasteiger partial charge >= 0.3 is 0 Å². The Morgan fingerprint density at radius 2 is 2.10 bits per heavy atom. The third-order valence-corrected chi connectivity index (χ3v) is 1.89.